The van der Waals surface area contributed by atoms with E-state index < -0.39 is 5.97 Å². The Hall–Kier alpha value is -1.03. The monoisotopic (exact) mass is 256 g/mol. The molecule has 0 aliphatic carbocycles. The molecule has 0 amide bonds. The summed E-state index contributed by atoms with van der Waals surface area (Å²) in [6, 6.07) is 6.05. The summed E-state index contributed by atoms with van der Waals surface area (Å²) < 4.78 is 12.7. The van der Waals surface area contributed by atoms with Gasteiger partial charge in [-0.15, -0.1) is 0 Å². The zero-order valence-electron chi connectivity index (χ0n) is 9.86. The van der Waals surface area contributed by atoms with E-state index in [0.29, 0.717) is 12.8 Å². The van der Waals surface area contributed by atoms with Crippen LogP contribution in [-0.2, 0) is 11.2 Å². The number of carboxylic acid groups (broad SMARTS) is 1. The first kappa shape index (κ1) is 14.0. The molecule has 4 heteroatoms. The normalized spacial score (nSPS) is 12.4. The lowest BCUT2D eigenvalue weighted by Crippen LogP contribution is -2.16. The molecule has 0 aliphatic heterocycles. The smallest absolute Gasteiger partial charge is 0.306 e. The van der Waals surface area contributed by atoms with Crippen LogP contribution in [0.1, 0.15) is 18.4 Å². The minimum atomic E-state index is -0.768. The van der Waals surface area contributed by atoms with Gasteiger partial charge in [-0.1, -0.05) is 12.1 Å². The van der Waals surface area contributed by atoms with E-state index in [0.717, 1.165) is 17.7 Å². The van der Waals surface area contributed by atoms with E-state index in [4.69, 9.17) is 5.11 Å². The topological polar surface area (TPSA) is 37.3 Å². The van der Waals surface area contributed by atoms with E-state index in [1.807, 2.05) is 6.26 Å². The number of carboxylic acids is 1. The van der Waals surface area contributed by atoms with Crippen molar-refractivity contribution in [2.75, 3.05) is 12.0 Å². The Kier molecular flexibility index (Phi) is 6.05. The fourth-order valence-corrected chi connectivity index (χ4v) is 2.15. The number of benzene rings is 1. The van der Waals surface area contributed by atoms with Gasteiger partial charge in [0.2, 0.25) is 0 Å². The van der Waals surface area contributed by atoms with Crippen molar-refractivity contribution in [3.8, 4) is 0 Å². The van der Waals surface area contributed by atoms with Crippen LogP contribution in [-0.4, -0.2) is 23.1 Å². The van der Waals surface area contributed by atoms with E-state index in [1.54, 1.807) is 23.9 Å². The molecule has 2 nitrogen and oxygen atoms in total. The van der Waals surface area contributed by atoms with Crippen LogP contribution < -0.4 is 0 Å². The van der Waals surface area contributed by atoms with Gasteiger partial charge >= 0.3 is 5.97 Å². The number of hydrogen-bond donors (Lipinski definition) is 1. The summed E-state index contributed by atoms with van der Waals surface area (Å²) in [6.45, 7) is 0. The van der Waals surface area contributed by atoms with Crippen molar-refractivity contribution < 1.29 is 14.3 Å². The standard InChI is InChI=1S/C13H17FO2S/c1-17-8-2-3-11(13(15)16)9-10-4-6-12(14)7-5-10/h4-7,11H,2-3,8-9H2,1H3,(H,15,16). The second-order valence-corrected chi connectivity index (χ2v) is 4.99. The summed E-state index contributed by atoms with van der Waals surface area (Å²) >= 11 is 1.72. The molecule has 0 fully saturated rings. The highest BCUT2D eigenvalue weighted by molar-refractivity contribution is 7.98. The molecule has 0 aliphatic rings. The predicted octanol–water partition coefficient (Wildman–Crippen LogP) is 3.21. The molecule has 1 N–H and O–H groups in total. The highest BCUT2D eigenvalue weighted by atomic mass is 32.2. The molecule has 1 aromatic carbocycles. The molecule has 1 atom stereocenters. The maximum atomic E-state index is 12.7. The Morgan fingerprint density at radius 1 is 1.41 bits per heavy atom. The van der Waals surface area contributed by atoms with Crippen LogP contribution in [0, 0.1) is 11.7 Å². The van der Waals surface area contributed by atoms with Gasteiger partial charge < -0.3 is 5.11 Å². The number of halogens is 1. The van der Waals surface area contributed by atoms with Gasteiger partial charge in [0.15, 0.2) is 0 Å². The minimum Gasteiger partial charge on any atom is -0.481 e. The van der Waals surface area contributed by atoms with Crippen LogP contribution in [0.25, 0.3) is 0 Å². The Balaban J connectivity index is 2.54. The third-order valence-electron chi connectivity index (χ3n) is 2.65. The minimum absolute atomic E-state index is 0.289. The summed E-state index contributed by atoms with van der Waals surface area (Å²) in [5.74, 6) is -0.446. The number of carbonyl (C=O) groups is 1. The summed E-state index contributed by atoms with van der Waals surface area (Å²) in [5, 5.41) is 9.11. The van der Waals surface area contributed by atoms with Gasteiger partial charge in [0.25, 0.3) is 0 Å². The Labute approximate surface area is 105 Å². The van der Waals surface area contributed by atoms with E-state index >= 15 is 0 Å². The fraction of sp³-hybridized carbons (Fsp3) is 0.462. The summed E-state index contributed by atoms with van der Waals surface area (Å²) in [5.41, 5.74) is 0.878. The van der Waals surface area contributed by atoms with Gasteiger partial charge in [-0.3, -0.25) is 4.79 Å². The Morgan fingerprint density at radius 2 is 2.06 bits per heavy atom. The SMILES string of the molecule is CSCCCC(Cc1ccc(F)cc1)C(=O)O. The first-order chi connectivity index (χ1) is 8.13. The van der Waals surface area contributed by atoms with Crippen molar-refractivity contribution in [1.82, 2.24) is 0 Å². The molecule has 94 valence electrons. The average Bonchev–Trinajstić information content (AvgIpc) is 2.30. The van der Waals surface area contributed by atoms with Gasteiger partial charge in [-0.05, 0) is 49.0 Å². The lowest BCUT2D eigenvalue weighted by molar-refractivity contribution is -0.141. The van der Waals surface area contributed by atoms with Crippen molar-refractivity contribution in [1.29, 1.82) is 0 Å². The van der Waals surface area contributed by atoms with E-state index in [1.165, 1.54) is 12.1 Å². The van der Waals surface area contributed by atoms with E-state index in [9.17, 15) is 9.18 Å². The van der Waals surface area contributed by atoms with Gasteiger partial charge in [0, 0.05) is 0 Å². The molecule has 0 spiro atoms. The lowest BCUT2D eigenvalue weighted by atomic mass is 9.95. The van der Waals surface area contributed by atoms with Crippen LogP contribution >= 0.6 is 11.8 Å². The number of rotatable bonds is 7. The zero-order valence-corrected chi connectivity index (χ0v) is 10.7. The predicted molar refractivity (Wildman–Crippen MR) is 68.8 cm³/mol. The van der Waals surface area contributed by atoms with Crippen molar-refractivity contribution in [3.05, 3.63) is 35.6 Å². The van der Waals surface area contributed by atoms with Gasteiger partial charge in [0.1, 0.15) is 5.82 Å². The second-order valence-electron chi connectivity index (χ2n) is 4.00. The van der Waals surface area contributed by atoms with Gasteiger partial charge in [-0.25, -0.2) is 4.39 Å². The summed E-state index contributed by atoms with van der Waals surface area (Å²) in [7, 11) is 0. The molecule has 0 saturated carbocycles. The quantitative estimate of drug-likeness (QED) is 0.761. The molecule has 0 radical (unpaired) electrons. The maximum absolute atomic E-state index is 12.7. The molecule has 1 unspecified atom stereocenters. The highest BCUT2D eigenvalue weighted by Gasteiger charge is 2.17. The van der Waals surface area contributed by atoms with Crippen molar-refractivity contribution in [2.24, 2.45) is 5.92 Å². The van der Waals surface area contributed by atoms with Crippen molar-refractivity contribution >= 4 is 17.7 Å². The molecular formula is C13H17FO2S. The molecule has 0 heterocycles. The number of hydrogen-bond acceptors (Lipinski definition) is 2. The maximum Gasteiger partial charge on any atom is 0.306 e. The molecule has 17 heavy (non-hydrogen) atoms. The van der Waals surface area contributed by atoms with Crippen molar-refractivity contribution in [2.45, 2.75) is 19.3 Å². The van der Waals surface area contributed by atoms with Gasteiger partial charge in [-0.2, -0.15) is 11.8 Å². The Morgan fingerprint density at radius 3 is 2.59 bits per heavy atom. The van der Waals surface area contributed by atoms with E-state index in [-0.39, 0.29) is 11.7 Å². The number of aliphatic carboxylic acids is 1. The molecule has 0 bridgehead atoms. The molecule has 1 rings (SSSR count). The number of thioether (sulfide) groups is 1. The summed E-state index contributed by atoms with van der Waals surface area (Å²) in [4.78, 5) is 11.1. The Bertz CT molecular complexity index is 351. The lowest BCUT2D eigenvalue weighted by Gasteiger charge is -2.11. The molecule has 1 aromatic rings. The van der Waals surface area contributed by atoms with E-state index in [2.05, 4.69) is 0 Å². The second kappa shape index (κ2) is 7.33. The fourth-order valence-electron chi connectivity index (χ4n) is 1.69. The van der Waals surface area contributed by atoms with Crippen LogP contribution in [0.4, 0.5) is 4.39 Å². The average molecular weight is 256 g/mol. The molecule has 0 aromatic heterocycles. The van der Waals surface area contributed by atoms with Crippen LogP contribution in [0.3, 0.4) is 0 Å². The van der Waals surface area contributed by atoms with Gasteiger partial charge in [0.05, 0.1) is 5.92 Å². The molecular weight excluding hydrogens is 239 g/mol. The summed E-state index contributed by atoms with van der Waals surface area (Å²) in [6.07, 6.45) is 4.06. The van der Waals surface area contributed by atoms with Crippen LogP contribution in [0.5, 0.6) is 0 Å². The third kappa shape index (κ3) is 5.22. The first-order valence-corrected chi connectivity index (χ1v) is 6.99. The third-order valence-corrected chi connectivity index (χ3v) is 3.34. The van der Waals surface area contributed by atoms with Crippen LogP contribution in [0.2, 0.25) is 0 Å². The van der Waals surface area contributed by atoms with Crippen LogP contribution in [0.15, 0.2) is 24.3 Å². The zero-order chi connectivity index (χ0) is 12.7. The first-order valence-electron chi connectivity index (χ1n) is 5.59. The highest BCUT2D eigenvalue weighted by Crippen LogP contribution is 2.16. The molecule has 0 saturated heterocycles. The van der Waals surface area contributed by atoms with Crippen molar-refractivity contribution in [3.63, 3.8) is 0 Å². The largest absolute Gasteiger partial charge is 0.481 e.